The molecule has 0 saturated carbocycles. The zero-order valence-corrected chi connectivity index (χ0v) is 15.3. The van der Waals surface area contributed by atoms with Crippen molar-refractivity contribution in [1.82, 2.24) is 15.1 Å². The number of carbonyl (C=O) groups excluding carboxylic acids is 1. The number of benzene rings is 1. The van der Waals surface area contributed by atoms with Gasteiger partial charge in [0.1, 0.15) is 5.01 Å². The number of carbonyl (C=O) groups is 1. The van der Waals surface area contributed by atoms with Crippen LogP contribution in [0.5, 0.6) is 0 Å². The van der Waals surface area contributed by atoms with E-state index in [0.717, 1.165) is 10.6 Å². The van der Waals surface area contributed by atoms with E-state index in [9.17, 15) is 4.79 Å². The van der Waals surface area contributed by atoms with Gasteiger partial charge in [0.2, 0.25) is 5.13 Å². The molecule has 0 N–H and O–H groups in total. The number of hydrogen-bond donors (Lipinski definition) is 0. The summed E-state index contributed by atoms with van der Waals surface area (Å²) in [6, 6.07) is 9.93. The highest BCUT2D eigenvalue weighted by Crippen LogP contribution is 2.33. The summed E-state index contributed by atoms with van der Waals surface area (Å²) in [7, 11) is 0. The van der Waals surface area contributed by atoms with E-state index < -0.39 is 0 Å². The Balaban J connectivity index is 1.83. The molecule has 0 unspecified atom stereocenters. The number of thioether (sulfide) groups is 1. The van der Waals surface area contributed by atoms with E-state index in [0.29, 0.717) is 21.7 Å². The maximum atomic E-state index is 12.6. The second-order valence-corrected chi connectivity index (χ2v) is 7.27. The van der Waals surface area contributed by atoms with Crippen molar-refractivity contribution in [2.24, 2.45) is 4.99 Å². The van der Waals surface area contributed by atoms with Crippen LogP contribution in [0.25, 0.3) is 6.08 Å². The van der Waals surface area contributed by atoms with Gasteiger partial charge >= 0.3 is 0 Å². The molecular formula is C18H16N4OS2. The Bertz CT molecular complexity index is 868. The van der Waals surface area contributed by atoms with Crippen LogP contribution in [-0.4, -0.2) is 32.7 Å². The van der Waals surface area contributed by atoms with Crippen molar-refractivity contribution >= 4 is 45.4 Å². The van der Waals surface area contributed by atoms with Gasteiger partial charge in [-0.25, -0.2) is 0 Å². The highest BCUT2D eigenvalue weighted by molar-refractivity contribution is 8.18. The molecule has 0 spiro atoms. The maximum Gasteiger partial charge on any atom is 0.267 e. The lowest BCUT2D eigenvalue weighted by Gasteiger charge is -2.11. The van der Waals surface area contributed by atoms with Gasteiger partial charge in [-0.1, -0.05) is 59.9 Å². The molecule has 25 heavy (non-hydrogen) atoms. The maximum absolute atomic E-state index is 12.6. The van der Waals surface area contributed by atoms with Crippen LogP contribution < -0.4 is 0 Å². The lowest BCUT2D eigenvalue weighted by atomic mass is 10.2. The van der Waals surface area contributed by atoms with Crippen molar-refractivity contribution in [3.8, 4) is 0 Å². The van der Waals surface area contributed by atoms with E-state index in [1.807, 2.05) is 55.5 Å². The zero-order chi connectivity index (χ0) is 17.6. The number of aromatic nitrogens is 2. The van der Waals surface area contributed by atoms with Gasteiger partial charge in [0.05, 0.1) is 4.91 Å². The number of amides is 1. The molecule has 1 aromatic heterocycles. The number of aliphatic imine (C=N–C) groups is 1. The molecule has 2 aromatic rings. The standard InChI is InChI=1S/C18H16N4OS2/c1-3-12-22-16(23)15(11-7-10-14-8-5-4-6-9-14)25-18(22)19-17-21-20-13(2)24-17/h3-11H,1,12H2,2H3/b10-7+,15-11-,19-18+. The number of aryl methyl sites for hydroxylation is 1. The van der Waals surface area contributed by atoms with Crippen LogP contribution in [0.3, 0.4) is 0 Å². The summed E-state index contributed by atoms with van der Waals surface area (Å²) in [5, 5.41) is 9.93. The first-order chi connectivity index (χ1) is 12.2. The quantitative estimate of drug-likeness (QED) is 0.586. The summed E-state index contributed by atoms with van der Waals surface area (Å²) in [4.78, 5) is 19.3. The molecule has 5 nitrogen and oxygen atoms in total. The number of rotatable bonds is 5. The monoisotopic (exact) mass is 368 g/mol. The van der Waals surface area contributed by atoms with Crippen LogP contribution in [-0.2, 0) is 4.79 Å². The topological polar surface area (TPSA) is 58.5 Å². The summed E-state index contributed by atoms with van der Waals surface area (Å²) in [6.45, 7) is 5.99. The molecule has 1 aromatic carbocycles. The first-order valence-electron chi connectivity index (χ1n) is 7.60. The Morgan fingerprint density at radius 2 is 2.08 bits per heavy atom. The van der Waals surface area contributed by atoms with Gasteiger partial charge in [0.15, 0.2) is 5.17 Å². The third-order valence-corrected chi connectivity index (χ3v) is 5.00. The van der Waals surface area contributed by atoms with Crippen LogP contribution in [0.1, 0.15) is 10.6 Å². The van der Waals surface area contributed by atoms with Gasteiger partial charge in [-0.2, -0.15) is 4.99 Å². The second kappa shape index (κ2) is 8.04. The number of amidine groups is 1. The van der Waals surface area contributed by atoms with E-state index in [2.05, 4.69) is 21.8 Å². The number of allylic oxidation sites excluding steroid dienone is 2. The highest BCUT2D eigenvalue weighted by Gasteiger charge is 2.32. The van der Waals surface area contributed by atoms with Crippen molar-refractivity contribution in [2.45, 2.75) is 6.92 Å². The van der Waals surface area contributed by atoms with Gasteiger partial charge in [0.25, 0.3) is 5.91 Å². The molecule has 3 rings (SSSR count). The molecule has 126 valence electrons. The largest absolute Gasteiger partial charge is 0.282 e. The van der Waals surface area contributed by atoms with Crippen molar-refractivity contribution in [3.05, 3.63) is 70.6 Å². The lowest BCUT2D eigenvalue weighted by Crippen LogP contribution is -2.29. The molecule has 1 amide bonds. The predicted molar refractivity (Wildman–Crippen MR) is 105 cm³/mol. The smallest absolute Gasteiger partial charge is 0.267 e. The molecule has 0 bridgehead atoms. The Hall–Kier alpha value is -2.51. The number of hydrogen-bond acceptors (Lipinski definition) is 6. The Kier molecular flexibility index (Phi) is 5.57. The molecule has 1 fully saturated rings. The minimum atomic E-state index is -0.0809. The van der Waals surface area contributed by atoms with Gasteiger partial charge in [-0.15, -0.1) is 16.8 Å². The summed E-state index contributed by atoms with van der Waals surface area (Å²) in [5.74, 6) is -0.0809. The van der Waals surface area contributed by atoms with Gasteiger partial charge < -0.3 is 0 Å². The molecule has 2 heterocycles. The fourth-order valence-corrected chi connectivity index (χ4v) is 3.68. The molecule has 7 heteroatoms. The van der Waals surface area contributed by atoms with Gasteiger partial charge in [-0.05, 0) is 30.3 Å². The van der Waals surface area contributed by atoms with E-state index in [-0.39, 0.29) is 5.91 Å². The first-order valence-corrected chi connectivity index (χ1v) is 9.23. The van der Waals surface area contributed by atoms with Gasteiger partial charge in [0, 0.05) is 6.54 Å². The normalized spacial score (nSPS) is 18.0. The summed E-state index contributed by atoms with van der Waals surface area (Å²) in [6.07, 6.45) is 7.33. The van der Waals surface area contributed by atoms with Crippen molar-refractivity contribution in [2.75, 3.05) is 6.54 Å². The van der Waals surface area contributed by atoms with Crippen molar-refractivity contribution in [1.29, 1.82) is 0 Å². The fourth-order valence-electron chi connectivity index (χ4n) is 2.12. The van der Waals surface area contributed by atoms with E-state index in [1.54, 1.807) is 11.0 Å². The average Bonchev–Trinajstić information content (AvgIpc) is 3.15. The Morgan fingerprint density at radius 1 is 1.28 bits per heavy atom. The van der Waals surface area contributed by atoms with Crippen molar-refractivity contribution in [3.63, 3.8) is 0 Å². The summed E-state index contributed by atoms with van der Waals surface area (Å²) >= 11 is 2.73. The third-order valence-electron chi connectivity index (χ3n) is 3.24. The fraction of sp³-hybridized carbons (Fsp3) is 0.111. The molecule has 0 aliphatic carbocycles. The van der Waals surface area contributed by atoms with Gasteiger partial charge in [-0.3, -0.25) is 9.69 Å². The highest BCUT2D eigenvalue weighted by atomic mass is 32.2. The molecule has 1 saturated heterocycles. The first kappa shape index (κ1) is 17.3. The molecule has 1 aliphatic rings. The molecule has 1 aliphatic heterocycles. The second-order valence-electron chi connectivity index (χ2n) is 5.11. The summed E-state index contributed by atoms with van der Waals surface area (Å²) in [5.41, 5.74) is 1.08. The predicted octanol–water partition coefficient (Wildman–Crippen LogP) is 4.19. The third kappa shape index (κ3) is 4.32. The SMILES string of the molecule is C=CCN1C(=O)/C(=C/C=C/c2ccccc2)S/C1=N/c1nnc(C)s1. The Morgan fingerprint density at radius 3 is 2.76 bits per heavy atom. The van der Waals surface area contributed by atoms with Crippen LogP contribution in [0.4, 0.5) is 5.13 Å². The molecular weight excluding hydrogens is 352 g/mol. The van der Waals surface area contributed by atoms with Crippen molar-refractivity contribution < 1.29 is 4.79 Å². The van der Waals surface area contributed by atoms with Crippen LogP contribution in [0.15, 0.2) is 65.0 Å². The number of nitrogens with zero attached hydrogens (tertiary/aromatic N) is 4. The zero-order valence-electron chi connectivity index (χ0n) is 13.6. The van der Waals surface area contributed by atoms with Crippen LogP contribution >= 0.6 is 23.1 Å². The van der Waals surface area contributed by atoms with E-state index in [1.165, 1.54) is 23.1 Å². The Labute approximate surface area is 154 Å². The van der Waals surface area contributed by atoms with Crippen LogP contribution in [0.2, 0.25) is 0 Å². The molecule has 0 atom stereocenters. The van der Waals surface area contributed by atoms with E-state index in [4.69, 9.17) is 0 Å². The minimum absolute atomic E-state index is 0.0809. The molecule has 0 radical (unpaired) electrons. The van der Waals surface area contributed by atoms with Crippen LogP contribution in [0, 0.1) is 6.92 Å². The minimum Gasteiger partial charge on any atom is -0.282 e. The summed E-state index contributed by atoms with van der Waals surface area (Å²) < 4.78 is 0. The van der Waals surface area contributed by atoms with E-state index >= 15 is 0 Å². The average molecular weight is 368 g/mol. The lowest BCUT2D eigenvalue weighted by molar-refractivity contribution is -0.121.